The molecule has 2 aliphatic heterocycles. The first kappa shape index (κ1) is 22.3. The van der Waals surface area contributed by atoms with E-state index in [-0.39, 0.29) is 18.7 Å². The topological polar surface area (TPSA) is 59.1 Å². The number of imide groups is 1. The van der Waals surface area contributed by atoms with Crippen LogP contribution in [0.2, 0.25) is 0 Å². The van der Waals surface area contributed by atoms with Crippen LogP contribution < -0.4 is 0 Å². The summed E-state index contributed by atoms with van der Waals surface area (Å²) >= 11 is 0. The van der Waals surface area contributed by atoms with Gasteiger partial charge in [0, 0.05) is 32.7 Å². The highest BCUT2D eigenvalue weighted by Crippen LogP contribution is 2.38. The normalized spacial score (nSPS) is 23.6. The average Bonchev–Trinajstić information content (AvgIpc) is 3.39. The minimum absolute atomic E-state index is 0.0270. The van der Waals surface area contributed by atoms with Crippen molar-refractivity contribution < 1.29 is 32.2 Å². The lowest BCUT2D eigenvalue weighted by Crippen LogP contribution is -2.41. The predicted octanol–water partition coefficient (Wildman–Crippen LogP) is 3.49. The first-order chi connectivity index (χ1) is 15.4. The largest absolute Gasteiger partial charge is 0.446 e. The lowest BCUT2D eigenvalue weighted by molar-refractivity contribution is -0.133. The van der Waals surface area contributed by atoms with Gasteiger partial charge >= 0.3 is 6.09 Å². The maximum absolute atomic E-state index is 13.9. The Labute approximate surface area is 183 Å². The molecule has 0 radical (unpaired) electrons. The first-order valence-electron chi connectivity index (χ1n) is 10.3. The monoisotopic (exact) mass is 448 g/mol. The highest BCUT2D eigenvalue weighted by atomic mass is 19.2. The Hall–Kier alpha value is -2.91. The molecule has 170 valence electrons. The third-order valence-electron chi connectivity index (χ3n) is 6.05. The number of halogens is 3. The molecule has 9 heteroatoms. The van der Waals surface area contributed by atoms with Crippen LogP contribution in [0.5, 0.6) is 0 Å². The highest BCUT2D eigenvalue weighted by Gasteiger charge is 2.47. The molecule has 0 saturated carbocycles. The average molecular weight is 448 g/mol. The van der Waals surface area contributed by atoms with E-state index in [4.69, 9.17) is 9.47 Å². The van der Waals surface area contributed by atoms with E-state index in [1.807, 2.05) is 11.0 Å². The Morgan fingerprint density at radius 2 is 1.78 bits per heavy atom. The Kier molecular flexibility index (Phi) is 6.48. The van der Waals surface area contributed by atoms with E-state index in [0.29, 0.717) is 19.7 Å². The molecular weight excluding hydrogens is 425 g/mol. The van der Waals surface area contributed by atoms with Crippen molar-refractivity contribution in [2.24, 2.45) is 5.92 Å². The second kappa shape index (κ2) is 9.30. The Bertz CT molecular complexity index is 981. The lowest BCUT2D eigenvalue weighted by Gasteiger charge is -2.26. The molecule has 32 heavy (non-hydrogen) atoms. The van der Waals surface area contributed by atoms with Crippen LogP contribution in [0, 0.1) is 23.4 Å². The molecule has 0 N–H and O–H groups in total. The molecule has 4 rings (SSSR count). The van der Waals surface area contributed by atoms with E-state index in [0.717, 1.165) is 22.6 Å². The third kappa shape index (κ3) is 4.22. The minimum Gasteiger partial charge on any atom is -0.446 e. The van der Waals surface area contributed by atoms with Crippen molar-refractivity contribution in [3.8, 4) is 0 Å². The van der Waals surface area contributed by atoms with Crippen LogP contribution >= 0.6 is 0 Å². The van der Waals surface area contributed by atoms with Crippen LogP contribution in [0.15, 0.2) is 42.5 Å². The van der Waals surface area contributed by atoms with Gasteiger partial charge in [0.25, 0.3) is 0 Å². The number of amides is 2. The molecule has 0 aromatic heterocycles. The number of hydrogen-bond donors (Lipinski definition) is 0. The minimum atomic E-state index is -1.56. The standard InChI is InChI=1S/C23H23F3N2O4/c1-31-8-7-27-11-16(15-9-18(24)21(26)19(25)10-15)17(12-27)22(29)28-20(13-32-23(28)30)14-5-3-2-4-6-14/h2-6,9-10,16-17,20H,7-8,11-13H2,1H3/t16-,17+,20?/m0/s1. The summed E-state index contributed by atoms with van der Waals surface area (Å²) in [6.07, 6.45) is -0.755. The predicted molar refractivity (Wildman–Crippen MR) is 108 cm³/mol. The molecule has 3 atom stereocenters. The van der Waals surface area contributed by atoms with Gasteiger partial charge in [0.2, 0.25) is 5.91 Å². The van der Waals surface area contributed by atoms with E-state index in [9.17, 15) is 22.8 Å². The van der Waals surface area contributed by atoms with Gasteiger partial charge in [-0.15, -0.1) is 0 Å². The number of nitrogens with zero attached hydrogens (tertiary/aromatic N) is 2. The fourth-order valence-corrected chi connectivity index (χ4v) is 4.43. The zero-order chi connectivity index (χ0) is 22.8. The van der Waals surface area contributed by atoms with Gasteiger partial charge in [-0.1, -0.05) is 30.3 Å². The highest BCUT2D eigenvalue weighted by molar-refractivity contribution is 5.95. The van der Waals surface area contributed by atoms with Gasteiger partial charge in [-0.25, -0.2) is 22.9 Å². The number of benzene rings is 2. The number of likely N-dealkylation sites (tertiary alicyclic amines) is 1. The van der Waals surface area contributed by atoms with E-state index in [2.05, 4.69) is 0 Å². The Morgan fingerprint density at radius 1 is 1.09 bits per heavy atom. The van der Waals surface area contributed by atoms with Crippen LogP contribution in [0.1, 0.15) is 23.1 Å². The number of ether oxygens (including phenoxy) is 2. The molecule has 1 unspecified atom stereocenters. The molecule has 2 fully saturated rings. The summed E-state index contributed by atoms with van der Waals surface area (Å²) in [5, 5.41) is 0. The maximum Gasteiger partial charge on any atom is 0.417 e. The van der Waals surface area contributed by atoms with Crippen molar-refractivity contribution >= 4 is 12.0 Å². The van der Waals surface area contributed by atoms with Gasteiger partial charge in [0.1, 0.15) is 12.6 Å². The summed E-state index contributed by atoms with van der Waals surface area (Å²) in [6.45, 7) is 1.49. The van der Waals surface area contributed by atoms with Crippen LogP contribution in [-0.2, 0) is 14.3 Å². The first-order valence-corrected chi connectivity index (χ1v) is 10.3. The van der Waals surface area contributed by atoms with Crippen LogP contribution in [0.3, 0.4) is 0 Å². The molecule has 0 spiro atoms. The van der Waals surface area contributed by atoms with Crippen LogP contribution in [0.25, 0.3) is 0 Å². The number of hydrogen-bond acceptors (Lipinski definition) is 5. The van der Waals surface area contributed by atoms with E-state index in [1.165, 1.54) is 0 Å². The number of rotatable bonds is 6. The summed E-state index contributed by atoms with van der Waals surface area (Å²) in [5.74, 6) is -6.08. The van der Waals surface area contributed by atoms with Crippen molar-refractivity contribution in [3.05, 3.63) is 71.0 Å². The van der Waals surface area contributed by atoms with Crippen molar-refractivity contribution in [2.45, 2.75) is 12.0 Å². The zero-order valence-electron chi connectivity index (χ0n) is 17.5. The number of carbonyl (C=O) groups is 2. The smallest absolute Gasteiger partial charge is 0.417 e. The van der Waals surface area contributed by atoms with Gasteiger partial charge in [-0.05, 0) is 23.3 Å². The van der Waals surface area contributed by atoms with Gasteiger partial charge in [-0.3, -0.25) is 9.69 Å². The second-order valence-corrected chi connectivity index (χ2v) is 7.98. The summed E-state index contributed by atoms with van der Waals surface area (Å²) in [5.41, 5.74) is 0.917. The molecule has 2 amide bonds. The fraction of sp³-hybridized carbons (Fsp3) is 0.391. The SMILES string of the molecule is COCCN1C[C@@H](C(=O)N2C(=O)OCC2c2ccccc2)[C@H](c2cc(F)c(F)c(F)c2)C1. The molecule has 2 aliphatic rings. The van der Waals surface area contributed by atoms with Crippen molar-refractivity contribution in [2.75, 3.05) is 40.0 Å². The van der Waals surface area contributed by atoms with Crippen LogP contribution in [-0.4, -0.2) is 61.8 Å². The molecule has 2 heterocycles. The maximum atomic E-state index is 13.9. The van der Waals surface area contributed by atoms with Crippen molar-refractivity contribution in [3.63, 3.8) is 0 Å². The quantitative estimate of drug-likeness (QED) is 0.634. The van der Waals surface area contributed by atoms with Gasteiger partial charge < -0.3 is 9.47 Å². The van der Waals surface area contributed by atoms with E-state index >= 15 is 0 Å². The Balaban J connectivity index is 1.66. The Morgan fingerprint density at radius 3 is 2.44 bits per heavy atom. The fourth-order valence-electron chi connectivity index (χ4n) is 4.43. The van der Waals surface area contributed by atoms with Crippen molar-refractivity contribution in [1.29, 1.82) is 0 Å². The van der Waals surface area contributed by atoms with Crippen LogP contribution in [0.4, 0.5) is 18.0 Å². The van der Waals surface area contributed by atoms with E-state index < -0.39 is 47.3 Å². The number of carbonyl (C=O) groups excluding carboxylic acids is 2. The number of cyclic esters (lactones) is 1. The number of methoxy groups -OCH3 is 1. The summed E-state index contributed by atoms with van der Waals surface area (Å²) in [4.78, 5) is 29.1. The summed E-state index contributed by atoms with van der Waals surface area (Å²) in [7, 11) is 1.55. The van der Waals surface area contributed by atoms with Gasteiger partial charge in [0.15, 0.2) is 17.5 Å². The second-order valence-electron chi connectivity index (χ2n) is 7.98. The van der Waals surface area contributed by atoms with Crippen molar-refractivity contribution in [1.82, 2.24) is 9.80 Å². The molecular formula is C23H23F3N2O4. The third-order valence-corrected chi connectivity index (χ3v) is 6.05. The molecule has 2 aromatic carbocycles. The lowest BCUT2D eigenvalue weighted by atomic mass is 9.87. The molecule has 2 aromatic rings. The molecule has 0 aliphatic carbocycles. The summed E-state index contributed by atoms with van der Waals surface area (Å²) < 4.78 is 51.7. The van der Waals surface area contributed by atoms with Gasteiger partial charge in [0.05, 0.1) is 12.5 Å². The van der Waals surface area contributed by atoms with E-state index in [1.54, 1.807) is 31.4 Å². The summed E-state index contributed by atoms with van der Waals surface area (Å²) in [6, 6.07) is 10.3. The van der Waals surface area contributed by atoms with Gasteiger partial charge in [-0.2, -0.15) is 0 Å². The zero-order valence-corrected chi connectivity index (χ0v) is 17.5. The molecule has 6 nitrogen and oxygen atoms in total. The molecule has 2 saturated heterocycles. The molecule has 0 bridgehead atoms.